The van der Waals surface area contributed by atoms with Crippen molar-refractivity contribution in [3.63, 3.8) is 0 Å². The highest BCUT2D eigenvalue weighted by atomic mass is 16.1. The lowest BCUT2D eigenvalue weighted by Gasteiger charge is -2.08. The van der Waals surface area contributed by atoms with Crippen molar-refractivity contribution in [2.45, 2.75) is 26.8 Å². The molecule has 21 heavy (non-hydrogen) atoms. The van der Waals surface area contributed by atoms with Gasteiger partial charge in [-0.15, -0.1) is 0 Å². The van der Waals surface area contributed by atoms with E-state index in [9.17, 15) is 4.79 Å². The Morgan fingerprint density at radius 3 is 2.81 bits per heavy atom. The monoisotopic (exact) mass is 287 g/mol. The molecule has 0 radical (unpaired) electrons. The van der Waals surface area contributed by atoms with Crippen LogP contribution in [0.1, 0.15) is 25.8 Å². The summed E-state index contributed by atoms with van der Waals surface area (Å²) in [5.41, 5.74) is 2.51. The minimum absolute atomic E-state index is 0.120. The number of fused-ring (bicyclic) bond motifs is 1. The summed E-state index contributed by atoms with van der Waals surface area (Å²) in [4.78, 5) is 11.6. The maximum Gasteiger partial charge on any atom is 0.221 e. The van der Waals surface area contributed by atoms with Gasteiger partial charge in [0.2, 0.25) is 5.91 Å². The lowest BCUT2D eigenvalue weighted by Crippen LogP contribution is -2.30. The van der Waals surface area contributed by atoms with Crippen molar-refractivity contribution in [1.29, 1.82) is 0 Å². The summed E-state index contributed by atoms with van der Waals surface area (Å²) >= 11 is 0. The molecule has 0 atom stereocenters. The van der Waals surface area contributed by atoms with Gasteiger partial charge in [-0.05, 0) is 17.5 Å². The highest BCUT2D eigenvalue weighted by molar-refractivity contribution is 5.83. The molecule has 0 saturated heterocycles. The van der Waals surface area contributed by atoms with Gasteiger partial charge >= 0.3 is 0 Å². The highest BCUT2D eigenvalue weighted by Gasteiger charge is 2.06. The SMILES string of the molecule is CC(C)CNC(=O)CCNCc1cn(C)c2ccccc12. The second kappa shape index (κ2) is 7.27. The molecule has 4 nitrogen and oxygen atoms in total. The van der Waals surface area contributed by atoms with Crippen molar-refractivity contribution in [2.75, 3.05) is 13.1 Å². The molecule has 0 aliphatic rings. The Hall–Kier alpha value is -1.81. The van der Waals surface area contributed by atoms with Crippen LogP contribution in [0.4, 0.5) is 0 Å². The van der Waals surface area contributed by atoms with E-state index in [0.29, 0.717) is 18.9 Å². The predicted molar refractivity (Wildman–Crippen MR) is 87.1 cm³/mol. The average Bonchev–Trinajstić information content (AvgIpc) is 2.79. The van der Waals surface area contributed by atoms with Gasteiger partial charge in [0, 0.05) is 50.2 Å². The summed E-state index contributed by atoms with van der Waals surface area (Å²) in [7, 11) is 2.06. The van der Waals surface area contributed by atoms with Gasteiger partial charge in [0.05, 0.1) is 0 Å². The van der Waals surface area contributed by atoms with Crippen molar-refractivity contribution >= 4 is 16.8 Å². The lowest BCUT2D eigenvalue weighted by atomic mass is 10.2. The van der Waals surface area contributed by atoms with Gasteiger partial charge in [-0.3, -0.25) is 4.79 Å². The lowest BCUT2D eigenvalue weighted by molar-refractivity contribution is -0.121. The topological polar surface area (TPSA) is 46.1 Å². The Labute approximate surface area is 126 Å². The summed E-state index contributed by atoms with van der Waals surface area (Å²) in [6, 6.07) is 8.38. The Kier molecular flexibility index (Phi) is 5.39. The van der Waals surface area contributed by atoms with Crippen LogP contribution < -0.4 is 10.6 Å². The van der Waals surface area contributed by atoms with Gasteiger partial charge in [-0.2, -0.15) is 0 Å². The first-order chi connectivity index (χ1) is 10.1. The Balaban J connectivity index is 1.79. The zero-order valence-electron chi connectivity index (χ0n) is 13.1. The summed E-state index contributed by atoms with van der Waals surface area (Å²) in [5.74, 6) is 0.617. The number of hydrogen-bond acceptors (Lipinski definition) is 2. The molecule has 0 saturated carbocycles. The second-order valence-electron chi connectivity index (χ2n) is 5.91. The molecule has 0 spiro atoms. The molecule has 114 valence electrons. The van der Waals surface area contributed by atoms with E-state index in [1.54, 1.807) is 0 Å². The smallest absolute Gasteiger partial charge is 0.221 e. The second-order valence-corrected chi connectivity index (χ2v) is 5.91. The van der Waals surface area contributed by atoms with Gasteiger partial charge in [-0.1, -0.05) is 32.0 Å². The number of aryl methyl sites for hydroxylation is 1. The molecule has 0 bridgehead atoms. The first kappa shape index (κ1) is 15.6. The summed E-state index contributed by atoms with van der Waals surface area (Å²) in [6.45, 7) is 6.44. The van der Waals surface area contributed by atoms with Crippen molar-refractivity contribution in [2.24, 2.45) is 13.0 Å². The minimum Gasteiger partial charge on any atom is -0.356 e. The predicted octanol–water partition coefficient (Wildman–Crippen LogP) is 2.43. The normalized spacial score (nSPS) is 11.2. The fourth-order valence-corrected chi connectivity index (χ4v) is 2.40. The van der Waals surface area contributed by atoms with E-state index in [0.717, 1.165) is 13.1 Å². The number of carbonyl (C=O) groups is 1. The minimum atomic E-state index is 0.120. The molecule has 2 N–H and O–H groups in total. The number of amides is 1. The van der Waals surface area contributed by atoms with Crippen LogP contribution in [0, 0.1) is 5.92 Å². The number of nitrogens with one attached hydrogen (secondary N) is 2. The standard InChI is InChI=1S/C17H25N3O/c1-13(2)10-19-17(21)8-9-18-11-14-12-20(3)16-7-5-4-6-15(14)16/h4-7,12-13,18H,8-11H2,1-3H3,(H,19,21). The maximum absolute atomic E-state index is 11.6. The van der Waals surface area contributed by atoms with Gasteiger partial charge in [0.15, 0.2) is 0 Å². The largest absolute Gasteiger partial charge is 0.356 e. The van der Waals surface area contributed by atoms with Crippen LogP contribution in [0.25, 0.3) is 10.9 Å². The first-order valence-electron chi connectivity index (χ1n) is 7.58. The third-order valence-electron chi connectivity index (χ3n) is 3.53. The molecular formula is C17H25N3O. The van der Waals surface area contributed by atoms with Crippen molar-refractivity contribution < 1.29 is 4.79 Å². The molecule has 1 aromatic heterocycles. The number of carbonyl (C=O) groups excluding carboxylic acids is 1. The van der Waals surface area contributed by atoms with Crippen LogP contribution in [-0.4, -0.2) is 23.6 Å². The summed E-state index contributed by atoms with van der Waals surface area (Å²) in [6.07, 6.45) is 2.67. The van der Waals surface area contributed by atoms with Crippen molar-refractivity contribution in [3.05, 3.63) is 36.0 Å². The average molecular weight is 287 g/mol. The van der Waals surface area contributed by atoms with Crippen molar-refractivity contribution in [1.82, 2.24) is 15.2 Å². The van der Waals surface area contributed by atoms with Crippen LogP contribution >= 0.6 is 0 Å². The van der Waals surface area contributed by atoms with Gasteiger partial charge in [0.25, 0.3) is 0 Å². The molecule has 0 unspecified atom stereocenters. The fourth-order valence-electron chi connectivity index (χ4n) is 2.40. The molecule has 0 aliphatic carbocycles. The van der Waals surface area contributed by atoms with E-state index in [-0.39, 0.29) is 5.91 Å². The molecular weight excluding hydrogens is 262 g/mol. The van der Waals surface area contributed by atoms with Gasteiger partial charge in [0.1, 0.15) is 0 Å². The Morgan fingerprint density at radius 2 is 2.05 bits per heavy atom. The highest BCUT2D eigenvalue weighted by Crippen LogP contribution is 2.19. The first-order valence-corrected chi connectivity index (χ1v) is 7.58. The van der Waals surface area contributed by atoms with E-state index in [1.807, 2.05) is 0 Å². The van der Waals surface area contributed by atoms with E-state index in [2.05, 4.69) is 66.6 Å². The number of benzene rings is 1. The van der Waals surface area contributed by atoms with Crippen LogP contribution in [0.3, 0.4) is 0 Å². The number of aromatic nitrogens is 1. The number of nitrogens with zero attached hydrogens (tertiary/aromatic N) is 1. The van der Waals surface area contributed by atoms with Crippen molar-refractivity contribution in [3.8, 4) is 0 Å². The third-order valence-corrected chi connectivity index (χ3v) is 3.53. The zero-order valence-corrected chi connectivity index (χ0v) is 13.1. The molecule has 1 heterocycles. The number of rotatable bonds is 7. The molecule has 1 amide bonds. The summed E-state index contributed by atoms with van der Waals surface area (Å²) < 4.78 is 2.14. The molecule has 0 aliphatic heterocycles. The van der Waals surface area contributed by atoms with Gasteiger partial charge in [-0.25, -0.2) is 0 Å². The molecule has 4 heteroatoms. The van der Waals surface area contributed by atoms with E-state index in [4.69, 9.17) is 0 Å². The number of para-hydroxylation sites is 1. The Morgan fingerprint density at radius 1 is 1.29 bits per heavy atom. The summed E-state index contributed by atoms with van der Waals surface area (Å²) in [5, 5.41) is 7.56. The van der Waals surface area contributed by atoms with Gasteiger partial charge < -0.3 is 15.2 Å². The van der Waals surface area contributed by atoms with E-state index >= 15 is 0 Å². The quantitative estimate of drug-likeness (QED) is 0.768. The number of hydrogen-bond donors (Lipinski definition) is 2. The molecule has 0 fully saturated rings. The maximum atomic E-state index is 11.6. The van der Waals surface area contributed by atoms with Crippen LogP contribution in [0.15, 0.2) is 30.5 Å². The van der Waals surface area contributed by atoms with E-state index < -0.39 is 0 Å². The van der Waals surface area contributed by atoms with Crippen LogP contribution in [0.2, 0.25) is 0 Å². The third kappa shape index (κ3) is 4.33. The Bertz CT molecular complexity index is 601. The fraction of sp³-hybridized carbons (Fsp3) is 0.471. The van der Waals surface area contributed by atoms with Crippen LogP contribution in [0.5, 0.6) is 0 Å². The molecule has 2 aromatic rings. The van der Waals surface area contributed by atoms with E-state index in [1.165, 1.54) is 16.5 Å². The molecule has 2 rings (SSSR count). The van der Waals surface area contributed by atoms with Crippen LogP contribution in [-0.2, 0) is 18.4 Å². The zero-order chi connectivity index (χ0) is 15.2. The molecule has 1 aromatic carbocycles.